The highest BCUT2D eigenvalue weighted by Crippen LogP contribution is 2.30. The molecule has 0 spiro atoms. The van der Waals surface area contributed by atoms with Crippen LogP contribution in [0, 0.1) is 0 Å². The molecule has 0 fully saturated rings. The summed E-state index contributed by atoms with van der Waals surface area (Å²) in [7, 11) is 0. The zero-order chi connectivity index (χ0) is 11.8. The second-order valence-electron chi connectivity index (χ2n) is 3.56. The molecular formula is C12H7ClN2OS. The van der Waals surface area contributed by atoms with Crippen LogP contribution >= 0.6 is 22.9 Å². The summed E-state index contributed by atoms with van der Waals surface area (Å²) in [6.07, 6.45) is 4.38. The van der Waals surface area contributed by atoms with Crippen LogP contribution < -0.4 is 0 Å². The first-order valence-electron chi connectivity index (χ1n) is 4.96. The first kappa shape index (κ1) is 10.5. The number of aromatic nitrogens is 2. The van der Waals surface area contributed by atoms with Gasteiger partial charge in [0.25, 0.3) is 0 Å². The lowest BCUT2D eigenvalue weighted by molar-refractivity contribution is 0.112. The minimum atomic E-state index is 0.624. The van der Waals surface area contributed by atoms with Crippen molar-refractivity contribution in [3.63, 3.8) is 0 Å². The van der Waals surface area contributed by atoms with Crippen molar-refractivity contribution in [1.29, 1.82) is 0 Å². The van der Waals surface area contributed by atoms with Crippen molar-refractivity contribution in [2.75, 3.05) is 0 Å². The number of pyridine rings is 1. The van der Waals surface area contributed by atoms with Gasteiger partial charge < -0.3 is 0 Å². The summed E-state index contributed by atoms with van der Waals surface area (Å²) in [5.74, 6) is 0.806. The maximum Gasteiger partial charge on any atom is 0.154 e. The quantitative estimate of drug-likeness (QED) is 0.662. The first-order chi connectivity index (χ1) is 8.28. The number of imidazole rings is 1. The minimum absolute atomic E-state index is 0.624. The summed E-state index contributed by atoms with van der Waals surface area (Å²) in [6.45, 7) is 0. The number of fused-ring (bicyclic) bond motifs is 1. The third kappa shape index (κ3) is 1.75. The molecule has 0 saturated carbocycles. The fourth-order valence-corrected chi connectivity index (χ4v) is 2.73. The summed E-state index contributed by atoms with van der Waals surface area (Å²) in [5.41, 5.74) is 1.58. The van der Waals surface area contributed by atoms with Gasteiger partial charge in [0, 0.05) is 11.8 Å². The molecule has 0 saturated heterocycles. The van der Waals surface area contributed by atoms with Gasteiger partial charge in [-0.1, -0.05) is 11.6 Å². The van der Waals surface area contributed by atoms with Gasteiger partial charge in [-0.3, -0.25) is 9.20 Å². The highest BCUT2D eigenvalue weighted by Gasteiger charge is 2.09. The van der Waals surface area contributed by atoms with Crippen molar-refractivity contribution in [3.05, 3.63) is 46.6 Å². The molecule has 84 valence electrons. The lowest BCUT2D eigenvalue weighted by atomic mass is 10.3. The second-order valence-corrected chi connectivity index (χ2v) is 5.28. The van der Waals surface area contributed by atoms with Crippen molar-refractivity contribution in [2.45, 2.75) is 0 Å². The topological polar surface area (TPSA) is 34.4 Å². The number of carbonyl (C=O) groups is 1. The van der Waals surface area contributed by atoms with E-state index >= 15 is 0 Å². The molecule has 0 bridgehead atoms. The summed E-state index contributed by atoms with van der Waals surface area (Å²) in [4.78, 5) is 16.1. The molecule has 0 radical (unpaired) electrons. The summed E-state index contributed by atoms with van der Waals surface area (Å²) in [5, 5.41) is 0. The van der Waals surface area contributed by atoms with Crippen molar-refractivity contribution in [2.24, 2.45) is 0 Å². The van der Waals surface area contributed by atoms with Gasteiger partial charge in [0.15, 0.2) is 12.1 Å². The first-order valence-corrected chi connectivity index (χ1v) is 6.15. The van der Waals surface area contributed by atoms with E-state index in [1.807, 2.05) is 22.6 Å². The molecular weight excluding hydrogens is 256 g/mol. The number of aldehydes is 1. The Morgan fingerprint density at radius 1 is 1.29 bits per heavy atom. The van der Waals surface area contributed by atoms with Crippen LogP contribution in [0.1, 0.15) is 10.4 Å². The van der Waals surface area contributed by atoms with Crippen molar-refractivity contribution >= 4 is 34.7 Å². The largest absolute Gasteiger partial charge is 0.298 e. The van der Waals surface area contributed by atoms with Crippen molar-refractivity contribution in [1.82, 2.24) is 9.38 Å². The predicted octanol–water partition coefficient (Wildman–Crippen LogP) is 3.53. The van der Waals surface area contributed by atoms with E-state index in [9.17, 15) is 4.79 Å². The van der Waals surface area contributed by atoms with E-state index in [4.69, 9.17) is 11.6 Å². The molecule has 3 heterocycles. The molecule has 0 unspecified atom stereocenters. The number of nitrogens with zero attached hydrogens (tertiary/aromatic N) is 2. The van der Waals surface area contributed by atoms with E-state index in [0.29, 0.717) is 5.56 Å². The Balaban J connectivity index is 2.26. The smallest absolute Gasteiger partial charge is 0.154 e. The number of rotatable bonds is 2. The third-order valence-corrected chi connectivity index (χ3v) is 3.71. The average molecular weight is 263 g/mol. The molecule has 3 aromatic heterocycles. The van der Waals surface area contributed by atoms with Crippen molar-refractivity contribution in [3.8, 4) is 10.7 Å². The van der Waals surface area contributed by atoms with E-state index in [-0.39, 0.29) is 0 Å². The Hall–Kier alpha value is -1.65. The molecule has 0 N–H and O–H groups in total. The van der Waals surface area contributed by atoms with Gasteiger partial charge in [-0.25, -0.2) is 4.98 Å². The molecule has 3 rings (SSSR count). The molecule has 0 amide bonds. The predicted molar refractivity (Wildman–Crippen MR) is 68.9 cm³/mol. The SMILES string of the molecule is O=Cc1ccc2cnc(-c3ccc(Cl)s3)n2c1. The minimum Gasteiger partial charge on any atom is -0.298 e. The van der Waals surface area contributed by atoms with Gasteiger partial charge in [-0.15, -0.1) is 11.3 Å². The number of halogens is 1. The van der Waals surface area contributed by atoms with Gasteiger partial charge in [0.1, 0.15) is 0 Å². The summed E-state index contributed by atoms with van der Waals surface area (Å²) in [6, 6.07) is 7.41. The van der Waals surface area contributed by atoms with Crippen LogP contribution in [-0.2, 0) is 0 Å². The number of hydrogen-bond donors (Lipinski definition) is 0. The molecule has 3 nitrogen and oxygen atoms in total. The third-order valence-electron chi connectivity index (χ3n) is 2.48. The lowest BCUT2D eigenvalue weighted by Gasteiger charge is -1.99. The van der Waals surface area contributed by atoms with E-state index in [0.717, 1.165) is 26.8 Å². The molecule has 0 aliphatic rings. The fourth-order valence-electron chi connectivity index (χ4n) is 1.69. The zero-order valence-corrected chi connectivity index (χ0v) is 10.2. The molecule has 17 heavy (non-hydrogen) atoms. The van der Waals surface area contributed by atoms with Gasteiger partial charge >= 0.3 is 0 Å². The summed E-state index contributed by atoms with van der Waals surface area (Å²) < 4.78 is 2.62. The van der Waals surface area contributed by atoms with Gasteiger partial charge in [-0.05, 0) is 24.3 Å². The van der Waals surface area contributed by atoms with Crippen LogP contribution in [0.2, 0.25) is 4.34 Å². The van der Waals surface area contributed by atoms with Crippen LogP contribution in [0.5, 0.6) is 0 Å². The van der Waals surface area contributed by atoms with E-state index in [1.165, 1.54) is 11.3 Å². The number of hydrogen-bond acceptors (Lipinski definition) is 3. The maximum absolute atomic E-state index is 10.8. The highest BCUT2D eigenvalue weighted by molar-refractivity contribution is 7.19. The molecule has 0 aliphatic heterocycles. The summed E-state index contributed by atoms with van der Waals surface area (Å²) >= 11 is 7.38. The van der Waals surface area contributed by atoms with Crippen LogP contribution in [0.25, 0.3) is 16.2 Å². The van der Waals surface area contributed by atoms with E-state index in [2.05, 4.69) is 4.98 Å². The molecule has 3 aromatic rings. The van der Waals surface area contributed by atoms with Gasteiger partial charge in [0.05, 0.1) is 20.9 Å². The van der Waals surface area contributed by atoms with Crippen LogP contribution in [0.15, 0.2) is 36.7 Å². The molecule has 0 atom stereocenters. The normalized spacial score (nSPS) is 10.9. The van der Waals surface area contributed by atoms with Crippen LogP contribution in [0.4, 0.5) is 0 Å². The number of carbonyl (C=O) groups excluding carboxylic acids is 1. The fraction of sp³-hybridized carbons (Fsp3) is 0. The van der Waals surface area contributed by atoms with Crippen LogP contribution in [0.3, 0.4) is 0 Å². The Bertz CT molecular complexity index is 701. The van der Waals surface area contributed by atoms with Gasteiger partial charge in [0.2, 0.25) is 0 Å². The van der Waals surface area contributed by atoms with E-state index in [1.54, 1.807) is 18.5 Å². The van der Waals surface area contributed by atoms with Crippen LogP contribution in [-0.4, -0.2) is 15.7 Å². The Labute approximate surface area is 106 Å². The Kier molecular flexibility index (Phi) is 2.46. The Morgan fingerprint density at radius 2 is 2.18 bits per heavy atom. The van der Waals surface area contributed by atoms with Gasteiger partial charge in [-0.2, -0.15) is 0 Å². The second kappa shape index (κ2) is 3.98. The molecule has 0 aliphatic carbocycles. The number of thiophene rings is 1. The van der Waals surface area contributed by atoms with Crippen molar-refractivity contribution < 1.29 is 4.79 Å². The average Bonchev–Trinajstić information content (AvgIpc) is 2.93. The maximum atomic E-state index is 10.8. The van der Waals surface area contributed by atoms with E-state index < -0.39 is 0 Å². The molecule has 0 aromatic carbocycles. The molecule has 5 heteroatoms. The lowest BCUT2D eigenvalue weighted by Crippen LogP contribution is -1.90. The highest BCUT2D eigenvalue weighted by atomic mass is 35.5. The Morgan fingerprint density at radius 3 is 2.88 bits per heavy atom. The standard InChI is InChI=1S/C12H7ClN2OS/c13-11-4-3-10(17-11)12-14-5-9-2-1-8(7-16)6-15(9)12/h1-7H. The monoisotopic (exact) mass is 262 g/mol. The zero-order valence-electron chi connectivity index (χ0n) is 8.63.